The molecule has 1 heterocycles. The van der Waals surface area contributed by atoms with E-state index in [9.17, 15) is 14.0 Å². The maximum atomic E-state index is 14.1. The number of carbonyl (C=O) groups is 2. The van der Waals surface area contributed by atoms with Crippen LogP contribution in [0.4, 0.5) is 9.18 Å². The summed E-state index contributed by atoms with van der Waals surface area (Å²) in [5, 5.41) is 0. The Bertz CT molecular complexity index is 657. The molecule has 25 heavy (non-hydrogen) atoms. The molecule has 1 aromatic rings. The van der Waals surface area contributed by atoms with E-state index in [2.05, 4.69) is 15.9 Å². The number of amides is 1. The number of likely N-dealkylation sites (tertiary alicyclic amines) is 1. The summed E-state index contributed by atoms with van der Waals surface area (Å²) in [6.45, 7) is 7.41. The predicted molar refractivity (Wildman–Crippen MR) is 98.2 cm³/mol. The first-order valence-corrected chi connectivity index (χ1v) is 9.37. The van der Waals surface area contributed by atoms with Gasteiger partial charge in [-0.05, 0) is 65.2 Å². The van der Waals surface area contributed by atoms with Crippen LogP contribution in [-0.2, 0) is 4.74 Å². The van der Waals surface area contributed by atoms with Crippen LogP contribution in [0.2, 0.25) is 0 Å². The second-order valence-electron chi connectivity index (χ2n) is 7.57. The topological polar surface area (TPSA) is 46.6 Å². The van der Waals surface area contributed by atoms with Crippen LogP contribution in [-0.4, -0.2) is 34.5 Å². The molecule has 0 aliphatic carbocycles. The Morgan fingerprint density at radius 3 is 2.60 bits per heavy atom. The molecule has 0 N–H and O–H groups in total. The summed E-state index contributed by atoms with van der Waals surface area (Å²) in [6.07, 6.45) is 2.21. The lowest BCUT2D eigenvalue weighted by atomic mass is 9.92. The number of piperidine rings is 1. The van der Waals surface area contributed by atoms with Gasteiger partial charge in [-0.25, -0.2) is 9.18 Å². The zero-order valence-corrected chi connectivity index (χ0v) is 16.7. The van der Waals surface area contributed by atoms with Crippen LogP contribution in [0.25, 0.3) is 0 Å². The SMILES string of the molecule is CC1CCCC(CC(=O)c2ccc(Br)cc2F)N1C(=O)OC(C)(C)C. The van der Waals surface area contributed by atoms with E-state index in [0.717, 1.165) is 12.8 Å². The normalized spacial score (nSPS) is 21.1. The number of ketones is 1. The van der Waals surface area contributed by atoms with Gasteiger partial charge in [0.15, 0.2) is 5.78 Å². The van der Waals surface area contributed by atoms with E-state index in [-0.39, 0.29) is 29.9 Å². The van der Waals surface area contributed by atoms with Gasteiger partial charge in [-0.1, -0.05) is 15.9 Å². The Morgan fingerprint density at radius 2 is 2.00 bits per heavy atom. The summed E-state index contributed by atoms with van der Waals surface area (Å²) in [5.74, 6) is -0.843. The van der Waals surface area contributed by atoms with Crippen LogP contribution < -0.4 is 0 Å². The lowest BCUT2D eigenvalue weighted by molar-refractivity contribution is -0.00306. The first-order chi connectivity index (χ1) is 11.6. The molecule has 2 rings (SSSR count). The van der Waals surface area contributed by atoms with E-state index in [1.54, 1.807) is 11.0 Å². The van der Waals surface area contributed by atoms with Gasteiger partial charge >= 0.3 is 6.09 Å². The molecule has 1 saturated heterocycles. The molecule has 1 aliphatic heterocycles. The van der Waals surface area contributed by atoms with E-state index in [4.69, 9.17) is 4.74 Å². The molecule has 0 spiro atoms. The monoisotopic (exact) mass is 413 g/mol. The van der Waals surface area contributed by atoms with Crippen LogP contribution in [0.3, 0.4) is 0 Å². The van der Waals surface area contributed by atoms with Gasteiger partial charge in [0.2, 0.25) is 0 Å². The van der Waals surface area contributed by atoms with Crippen LogP contribution in [0.15, 0.2) is 22.7 Å². The first-order valence-electron chi connectivity index (χ1n) is 8.58. The molecule has 1 fully saturated rings. The van der Waals surface area contributed by atoms with Crippen molar-refractivity contribution < 1.29 is 18.7 Å². The summed E-state index contributed by atoms with van der Waals surface area (Å²) in [5.41, 5.74) is -0.536. The summed E-state index contributed by atoms with van der Waals surface area (Å²) in [6, 6.07) is 4.13. The largest absolute Gasteiger partial charge is 0.444 e. The summed E-state index contributed by atoms with van der Waals surface area (Å²) in [7, 11) is 0. The molecular weight excluding hydrogens is 389 g/mol. The van der Waals surface area contributed by atoms with Gasteiger partial charge in [0.05, 0.1) is 5.56 Å². The van der Waals surface area contributed by atoms with Gasteiger partial charge in [0, 0.05) is 23.0 Å². The maximum Gasteiger partial charge on any atom is 0.410 e. The van der Waals surface area contributed by atoms with Crippen LogP contribution in [0, 0.1) is 5.82 Å². The molecule has 1 aromatic carbocycles. The lowest BCUT2D eigenvalue weighted by Crippen LogP contribution is -2.51. The quantitative estimate of drug-likeness (QED) is 0.628. The highest BCUT2D eigenvalue weighted by Crippen LogP contribution is 2.28. The van der Waals surface area contributed by atoms with Gasteiger partial charge in [-0.2, -0.15) is 0 Å². The predicted octanol–water partition coefficient (Wildman–Crippen LogP) is 5.34. The Hall–Kier alpha value is -1.43. The third-order valence-corrected chi connectivity index (χ3v) is 4.78. The fourth-order valence-electron chi connectivity index (χ4n) is 3.17. The average molecular weight is 414 g/mol. The lowest BCUT2D eigenvalue weighted by Gasteiger charge is -2.41. The van der Waals surface area contributed by atoms with Crippen LogP contribution >= 0.6 is 15.9 Å². The molecule has 0 aromatic heterocycles. The second kappa shape index (κ2) is 7.85. The zero-order chi connectivity index (χ0) is 18.8. The molecule has 1 amide bonds. The van der Waals surface area contributed by atoms with Gasteiger partial charge in [0.1, 0.15) is 11.4 Å². The van der Waals surface area contributed by atoms with Crippen molar-refractivity contribution in [2.24, 2.45) is 0 Å². The molecule has 1 aliphatic rings. The molecule has 0 radical (unpaired) electrons. The molecular formula is C19H25BrFNO3. The summed E-state index contributed by atoms with van der Waals surface area (Å²) >= 11 is 3.19. The molecule has 2 unspecified atom stereocenters. The Balaban J connectivity index is 2.17. The van der Waals surface area contributed by atoms with E-state index in [1.165, 1.54) is 12.1 Å². The minimum atomic E-state index is -0.597. The second-order valence-corrected chi connectivity index (χ2v) is 8.49. The minimum absolute atomic E-state index is 0.00355. The van der Waals surface area contributed by atoms with E-state index >= 15 is 0 Å². The number of hydrogen-bond acceptors (Lipinski definition) is 3. The Kier molecular flexibility index (Phi) is 6.25. The molecule has 0 bridgehead atoms. The third-order valence-electron chi connectivity index (χ3n) is 4.28. The van der Waals surface area contributed by atoms with Crippen molar-refractivity contribution in [3.05, 3.63) is 34.1 Å². The Labute approximate surface area is 156 Å². The fraction of sp³-hybridized carbons (Fsp3) is 0.579. The van der Waals surface area contributed by atoms with E-state index < -0.39 is 17.5 Å². The summed E-state index contributed by atoms with van der Waals surface area (Å²) in [4.78, 5) is 26.8. The number of halogens is 2. The van der Waals surface area contributed by atoms with Crippen molar-refractivity contribution in [3.63, 3.8) is 0 Å². The van der Waals surface area contributed by atoms with Crippen molar-refractivity contribution in [2.45, 2.75) is 71.1 Å². The number of Topliss-reactive ketones (excluding diaryl/α,β-unsaturated/α-hetero) is 1. The number of ether oxygens (including phenoxy) is 1. The zero-order valence-electron chi connectivity index (χ0n) is 15.1. The maximum absolute atomic E-state index is 14.1. The van der Waals surface area contributed by atoms with Gasteiger partial charge in [0.25, 0.3) is 0 Å². The highest BCUT2D eigenvalue weighted by Gasteiger charge is 2.36. The molecule has 4 nitrogen and oxygen atoms in total. The van der Waals surface area contributed by atoms with Gasteiger partial charge in [-0.3, -0.25) is 4.79 Å². The average Bonchev–Trinajstić information content (AvgIpc) is 2.44. The number of hydrogen-bond donors (Lipinski definition) is 0. The number of nitrogens with zero attached hydrogens (tertiary/aromatic N) is 1. The third kappa shape index (κ3) is 5.27. The van der Waals surface area contributed by atoms with Crippen molar-refractivity contribution in [1.29, 1.82) is 0 Å². The molecule has 0 saturated carbocycles. The minimum Gasteiger partial charge on any atom is -0.444 e. The van der Waals surface area contributed by atoms with Crippen molar-refractivity contribution in [2.75, 3.05) is 0 Å². The first kappa shape index (κ1) is 19.9. The van der Waals surface area contributed by atoms with Gasteiger partial charge in [-0.15, -0.1) is 0 Å². The van der Waals surface area contributed by atoms with E-state index in [1.807, 2.05) is 27.7 Å². The number of carbonyl (C=O) groups excluding carboxylic acids is 2. The van der Waals surface area contributed by atoms with Crippen molar-refractivity contribution >= 4 is 27.8 Å². The summed E-state index contributed by atoms with van der Waals surface area (Å²) < 4.78 is 20.1. The van der Waals surface area contributed by atoms with Crippen molar-refractivity contribution in [3.8, 4) is 0 Å². The van der Waals surface area contributed by atoms with E-state index in [0.29, 0.717) is 10.9 Å². The number of benzene rings is 1. The Morgan fingerprint density at radius 1 is 1.32 bits per heavy atom. The van der Waals surface area contributed by atoms with Crippen LogP contribution in [0.1, 0.15) is 63.7 Å². The number of rotatable bonds is 3. The highest BCUT2D eigenvalue weighted by atomic mass is 79.9. The van der Waals surface area contributed by atoms with Gasteiger partial charge < -0.3 is 9.64 Å². The molecule has 2 atom stereocenters. The molecule has 138 valence electrons. The molecule has 6 heteroatoms. The smallest absolute Gasteiger partial charge is 0.410 e. The highest BCUT2D eigenvalue weighted by molar-refractivity contribution is 9.10. The fourth-order valence-corrected chi connectivity index (χ4v) is 3.50. The van der Waals surface area contributed by atoms with Crippen LogP contribution in [0.5, 0.6) is 0 Å². The standard InChI is InChI=1S/C19H25BrFNO3/c1-12-6-5-7-14(22(12)18(24)25-19(2,3)4)11-17(23)15-9-8-13(20)10-16(15)21/h8-10,12,14H,5-7,11H2,1-4H3. The van der Waals surface area contributed by atoms with Crippen molar-refractivity contribution in [1.82, 2.24) is 4.90 Å².